The van der Waals surface area contributed by atoms with Crippen LogP contribution in [0.2, 0.25) is 5.02 Å². The number of hydrogen-bond acceptors (Lipinski definition) is 4. The maximum atomic E-state index is 12.6. The van der Waals surface area contributed by atoms with Crippen molar-refractivity contribution < 1.29 is 19.1 Å². The van der Waals surface area contributed by atoms with E-state index in [0.717, 1.165) is 16.9 Å². The number of rotatable bonds is 7. The van der Waals surface area contributed by atoms with Gasteiger partial charge < -0.3 is 15.4 Å². The Morgan fingerprint density at radius 1 is 1.26 bits per heavy atom. The van der Waals surface area contributed by atoms with E-state index >= 15 is 0 Å². The summed E-state index contributed by atoms with van der Waals surface area (Å²) in [6.45, 7) is 5.47. The zero-order valence-corrected chi connectivity index (χ0v) is 18.3. The lowest BCUT2D eigenvalue weighted by molar-refractivity contribution is -0.127. The van der Waals surface area contributed by atoms with Gasteiger partial charge in [-0.3, -0.25) is 9.59 Å². The van der Waals surface area contributed by atoms with E-state index in [1.165, 1.54) is 6.08 Å². The van der Waals surface area contributed by atoms with Gasteiger partial charge in [0.05, 0.1) is 11.1 Å². The third kappa shape index (κ3) is 5.64. The number of anilines is 1. The first-order chi connectivity index (χ1) is 14.8. The van der Waals surface area contributed by atoms with Crippen LogP contribution in [0.4, 0.5) is 10.5 Å². The van der Waals surface area contributed by atoms with Gasteiger partial charge in [-0.15, -0.1) is 0 Å². The van der Waals surface area contributed by atoms with E-state index in [0.29, 0.717) is 22.0 Å². The van der Waals surface area contributed by atoms with Crippen LogP contribution in [0.1, 0.15) is 31.4 Å². The number of carbonyl (C=O) groups excluding carboxylic acids is 3. The Morgan fingerprint density at radius 2 is 2.03 bits per heavy atom. The lowest BCUT2D eigenvalue weighted by Crippen LogP contribution is -2.38. The van der Waals surface area contributed by atoms with E-state index in [1.54, 1.807) is 30.3 Å². The van der Waals surface area contributed by atoms with Crippen LogP contribution < -0.4 is 15.4 Å². The van der Waals surface area contributed by atoms with Crippen LogP contribution in [-0.2, 0) is 9.59 Å². The van der Waals surface area contributed by atoms with Gasteiger partial charge in [0.25, 0.3) is 5.91 Å². The third-order valence-electron chi connectivity index (χ3n) is 4.74. The second kappa shape index (κ2) is 9.66. The SMILES string of the molecule is CC[C@H](C)Oc1ccc(/C=C2/NC(=O)N(CC(=O)Nc3cccc(C)c3)C2=O)cc1Cl. The molecule has 1 atom stereocenters. The molecule has 0 aromatic heterocycles. The molecule has 1 fully saturated rings. The van der Waals surface area contributed by atoms with E-state index in [4.69, 9.17) is 16.3 Å². The molecule has 0 spiro atoms. The van der Waals surface area contributed by atoms with Crippen LogP contribution in [0.25, 0.3) is 6.08 Å². The largest absolute Gasteiger partial charge is 0.489 e. The Labute approximate surface area is 186 Å². The van der Waals surface area contributed by atoms with Crippen molar-refractivity contribution >= 4 is 41.2 Å². The number of benzene rings is 2. The van der Waals surface area contributed by atoms with Gasteiger partial charge in [0.15, 0.2) is 0 Å². The number of nitrogens with one attached hydrogen (secondary N) is 2. The number of urea groups is 1. The Kier molecular flexibility index (Phi) is 6.97. The lowest BCUT2D eigenvalue weighted by atomic mass is 10.1. The van der Waals surface area contributed by atoms with Crippen molar-refractivity contribution in [3.05, 3.63) is 64.3 Å². The molecule has 0 bridgehead atoms. The molecule has 0 aliphatic carbocycles. The molecule has 0 unspecified atom stereocenters. The summed E-state index contributed by atoms with van der Waals surface area (Å²) in [6, 6.07) is 11.7. The number of carbonyl (C=O) groups is 3. The van der Waals surface area contributed by atoms with E-state index in [1.807, 2.05) is 32.9 Å². The molecule has 1 aliphatic rings. The molecular weight excluding hydrogens is 418 g/mol. The first-order valence-corrected chi connectivity index (χ1v) is 10.3. The van der Waals surface area contributed by atoms with Gasteiger partial charge in [0.2, 0.25) is 5.91 Å². The third-order valence-corrected chi connectivity index (χ3v) is 5.03. The highest BCUT2D eigenvalue weighted by Gasteiger charge is 2.34. The second-order valence-corrected chi connectivity index (χ2v) is 7.73. The van der Waals surface area contributed by atoms with Gasteiger partial charge >= 0.3 is 6.03 Å². The molecule has 8 heteroatoms. The van der Waals surface area contributed by atoms with Crippen LogP contribution in [0.15, 0.2) is 48.2 Å². The van der Waals surface area contributed by atoms with E-state index in [-0.39, 0.29) is 11.8 Å². The molecule has 0 radical (unpaired) electrons. The number of aryl methyl sites for hydroxylation is 1. The summed E-state index contributed by atoms with van der Waals surface area (Å²) in [5.74, 6) is -0.500. The minimum Gasteiger partial charge on any atom is -0.489 e. The summed E-state index contributed by atoms with van der Waals surface area (Å²) in [6.07, 6.45) is 2.38. The van der Waals surface area contributed by atoms with E-state index < -0.39 is 24.4 Å². The molecule has 2 aromatic rings. The number of nitrogens with zero attached hydrogens (tertiary/aromatic N) is 1. The predicted octanol–water partition coefficient (Wildman–Crippen LogP) is 4.36. The van der Waals surface area contributed by atoms with Crippen LogP contribution in [-0.4, -0.2) is 35.4 Å². The van der Waals surface area contributed by atoms with Gasteiger partial charge in [-0.1, -0.05) is 36.7 Å². The molecule has 0 saturated carbocycles. The Hall–Kier alpha value is -3.32. The minimum absolute atomic E-state index is 0.0249. The first kappa shape index (κ1) is 22.4. The average molecular weight is 442 g/mol. The zero-order chi connectivity index (χ0) is 22.5. The number of hydrogen-bond donors (Lipinski definition) is 2. The Bertz CT molecular complexity index is 1050. The Balaban J connectivity index is 1.68. The highest BCUT2D eigenvalue weighted by atomic mass is 35.5. The van der Waals surface area contributed by atoms with E-state index in [2.05, 4.69) is 10.6 Å². The quantitative estimate of drug-likeness (QED) is 0.493. The van der Waals surface area contributed by atoms with Crippen molar-refractivity contribution in [1.29, 1.82) is 0 Å². The summed E-state index contributed by atoms with van der Waals surface area (Å²) in [7, 11) is 0. The molecule has 1 heterocycles. The van der Waals surface area contributed by atoms with Crippen molar-refractivity contribution in [1.82, 2.24) is 10.2 Å². The summed E-state index contributed by atoms with van der Waals surface area (Å²) in [5, 5.41) is 5.59. The molecule has 2 aromatic carbocycles. The topological polar surface area (TPSA) is 87.7 Å². The monoisotopic (exact) mass is 441 g/mol. The minimum atomic E-state index is -0.654. The summed E-state index contributed by atoms with van der Waals surface area (Å²) < 4.78 is 5.73. The Morgan fingerprint density at radius 3 is 2.71 bits per heavy atom. The first-order valence-electron chi connectivity index (χ1n) is 9.94. The fourth-order valence-electron chi connectivity index (χ4n) is 2.95. The van der Waals surface area contributed by atoms with Gasteiger partial charge in [0, 0.05) is 5.69 Å². The maximum absolute atomic E-state index is 12.6. The highest BCUT2D eigenvalue weighted by Crippen LogP contribution is 2.28. The van der Waals surface area contributed by atoms with Crippen molar-refractivity contribution in [2.45, 2.75) is 33.3 Å². The standard InChI is InChI=1S/C23H24ClN3O4/c1-4-15(3)31-20-9-8-16(11-18(20)24)12-19-22(29)27(23(30)26-19)13-21(28)25-17-7-5-6-14(2)10-17/h5-12,15H,4,13H2,1-3H3,(H,25,28)(H,26,30)/b19-12+/t15-/m0/s1. The van der Waals surface area contributed by atoms with Gasteiger partial charge in [-0.2, -0.15) is 0 Å². The van der Waals surface area contributed by atoms with Crippen LogP contribution in [0, 0.1) is 6.92 Å². The van der Waals surface area contributed by atoms with Gasteiger partial charge in [-0.25, -0.2) is 9.69 Å². The fourth-order valence-corrected chi connectivity index (χ4v) is 3.18. The second-order valence-electron chi connectivity index (χ2n) is 7.32. The lowest BCUT2D eigenvalue weighted by Gasteiger charge is -2.14. The fraction of sp³-hybridized carbons (Fsp3) is 0.261. The van der Waals surface area contributed by atoms with Crippen LogP contribution in [0.3, 0.4) is 0 Å². The zero-order valence-electron chi connectivity index (χ0n) is 17.6. The molecule has 31 heavy (non-hydrogen) atoms. The van der Waals surface area contributed by atoms with Crippen molar-refractivity contribution in [2.75, 3.05) is 11.9 Å². The molecule has 1 aliphatic heterocycles. The van der Waals surface area contributed by atoms with E-state index in [9.17, 15) is 14.4 Å². The highest BCUT2D eigenvalue weighted by molar-refractivity contribution is 6.32. The number of halogens is 1. The number of amides is 4. The van der Waals surface area contributed by atoms with Gasteiger partial charge in [-0.05, 0) is 61.7 Å². The molecular formula is C23H24ClN3O4. The molecule has 3 rings (SSSR count). The predicted molar refractivity (Wildman–Crippen MR) is 120 cm³/mol. The van der Waals surface area contributed by atoms with Crippen molar-refractivity contribution in [2.24, 2.45) is 0 Å². The number of imide groups is 1. The summed E-state index contributed by atoms with van der Waals surface area (Å²) >= 11 is 6.28. The molecule has 1 saturated heterocycles. The maximum Gasteiger partial charge on any atom is 0.329 e. The van der Waals surface area contributed by atoms with Crippen LogP contribution in [0.5, 0.6) is 5.75 Å². The average Bonchev–Trinajstić information content (AvgIpc) is 2.97. The van der Waals surface area contributed by atoms with Crippen LogP contribution >= 0.6 is 11.6 Å². The summed E-state index contributed by atoms with van der Waals surface area (Å²) in [5.41, 5.74) is 2.27. The molecule has 4 amide bonds. The summed E-state index contributed by atoms with van der Waals surface area (Å²) in [4.78, 5) is 38.0. The molecule has 2 N–H and O–H groups in total. The number of ether oxygens (including phenoxy) is 1. The van der Waals surface area contributed by atoms with Crippen molar-refractivity contribution in [3.8, 4) is 5.75 Å². The molecule has 162 valence electrons. The molecule has 7 nitrogen and oxygen atoms in total. The van der Waals surface area contributed by atoms with Crippen molar-refractivity contribution in [3.63, 3.8) is 0 Å². The normalized spacial score (nSPS) is 15.7. The smallest absolute Gasteiger partial charge is 0.329 e. The van der Waals surface area contributed by atoms with Gasteiger partial charge in [0.1, 0.15) is 18.0 Å².